The lowest BCUT2D eigenvalue weighted by molar-refractivity contribution is -0.169. The number of carbonyl (C=O) groups is 2. The Labute approximate surface area is 320 Å². The number of aromatic amines is 1. The second-order valence-corrected chi connectivity index (χ2v) is 15.8. The Bertz CT molecular complexity index is 2080. The predicted octanol–water partition coefficient (Wildman–Crippen LogP) is 6.78. The molecular weight excluding hydrogens is 732 g/mol. The molecule has 0 radical (unpaired) electrons. The molecule has 0 bridgehead atoms. The largest absolute Gasteiger partial charge is 0.506 e. The third-order valence-electron chi connectivity index (χ3n) is 10.4. The van der Waals surface area contributed by atoms with Crippen molar-refractivity contribution in [3.8, 4) is 11.5 Å². The van der Waals surface area contributed by atoms with Gasteiger partial charge in [0.2, 0.25) is 11.2 Å². The monoisotopic (exact) mass is 776 g/mol. The molecule has 0 spiro atoms. The van der Waals surface area contributed by atoms with Crippen LogP contribution in [0.2, 0.25) is 0 Å². The second kappa shape index (κ2) is 17.4. The van der Waals surface area contributed by atoms with Crippen molar-refractivity contribution < 1.29 is 38.8 Å². The first kappa shape index (κ1) is 39.3. The van der Waals surface area contributed by atoms with E-state index in [0.29, 0.717) is 70.7 Å². The van der Waals surface area contributed by atoms with Gasteiger partial charge in [-0.3, -0.25) is 9.59 Å². The average molecular weight is 777 g/mol. The van der Waals surface area contributed by atoms with Crippen molar-refractivity contribution in [3.05, 3.63) is 114 Å². The minimum Gasteiger partial charge on any atom is -0.506 e. The molecule has 13 heteroatoms. The number of halogens is 1. The number of aliphatic hydroxyl groups is 2. The number of methoxy groups -OCH3 is 1. The zero-order valence-corrected chi connectivity index (χ0v) is 31.9. The number of Topliss-reactive ketones (excluding diaryl/α,β-unsaturated/α-hetero) is 1. The van der Waals surface area contributed by atoms with Crippen LogP contribution in [-0.2, 0) is 32.8 Å². The lowest BCUT2D eigenvalue weighted by Gasteiger charge is -2.35. The van der Waals surface area contributed by atoms with Gasteiger partial charge in [-0.1, -0.05) is 18.2 Å². The van der Waals surface area contributed by atoms with Gasteiger partial charge in [-0.25, -0.2) is 9.18 Å². The van der Waals surface area contributed by atoms with Crippen molar-refractivity contribution in [3.63, 3.8) is 0 Å². The number of hydrogen-bond donors (Lipinski definition) is 4. The maximum Gasteiger partial charge on any atom is 0.349 e. The number of aromatic hydroxyl groups is 1. The molecular formula is C41H45FN2O8S2. The van der Waals surface area contributed by atoms with Crippen molar-refractivity contribution in [2.24, 2.45) is 0 Å². The Morgan fingerprint density at radius 3 is 2.37 bits per heavy atom. The Hall–Kier alpha value is -4.40. The fourth-order valence-electron chi connectivity index (χ4n) is 7.26. The summed E-state index contributed by atoms with van der Waals surface area (Å²) in [6, 6.07) is 16.2. The molecule has 0 aliphatic heterocycles. The van der Waals surface area contributed by atoms with Crippen molar-refractivity contribution in [1.29, 1.82) is 0 Å². The second-order valence-electron chi connectivity index (χ2n) is 13.9. The predicted molar refractivity (Wildman–Crippen MR) is 207 cm³/mol. The molecule has 0 unspecified atom stereocenters. The van der Waals surface area contributed by atoms with Crippen molar-refractivity contribution in [2.45, 2.75) is 81.6 Å². The summed E-state index contributed by atoms with van der Waals surface area (Å²) in [5.74, 6) is -0.852. The molecule has 1 aliphatic rings. The number of pyridine rings is 1. The molecule has 4 N–H and O–H groups in total. The first-order valence-electron chi connectivity index (χ1n) is 18.1. The fraction of sp³-hybridized carbons (Fsp3) is 0.390. The van der Waals surface area contributed by atoms with Crippen LogP contribution in [-0.4, -0.2) is 69.8 Å². The summed E-state index contributed by atoms with van der Waals surface area (Å²) in [4.78, 5) is 43.9. The molecule has 1 aliphatic carbocycles. The molecule has 1 saturated carbocycles. The third kappa shape index (κ3) is 8.76. The molecule has 6 rings (SSSR count). The van der Waals surface area contributed by atoms with Crippen LogP contribution < -0.4 is 10.3 Å². The first-order valence-corrected chi connectivity index (χ1v) is 19.9. The summed E-state index contributed by atoms with van der Waals surface area (Å²) >= 11 is 2.62. The Balaban J connectivity index is 0.965. The van der Waals surface area contributed by atoms with Crippen LogP contribution in [0.25, 0.3) is 10.9 Å². The summed E-state index contributed by atoms with van der Waals surface area (Å²) in [6.45, 7) is 0.510. The van der Waals surface area contributed by atoms with Crippen LogP contribution in [0.3, 0.4) is 0 Å². The van der Waals surface area contributed by atoms with E-state index in [0.717, 1.165) is 12.8 Å². The number of nitrogens with zero attached hydrogens (tertiary/aromatic N) is 1. The van der Waals surface area contributed by atoms with Gasteiger partial charge in [-0.2, -0.15) is 0 Å². The number of nitrogens with one attached hydrogen (secondary N) is 1. The summed E-state index contributed by atoms with van der Waals surface area (Å²) in [5, 5.41) is 36.8. The number of carbonyl (C=O) groups excluding carboxylic acids is 2. The number of thiophene rings is 2. The van der Waals surface area contributed by atoms with E-state index < -0.39 is 23.5 Å². The number of benzene rings is 2. The topological polar surface area (TPSA) is 149 Å². The Morgan fingerprint density at radius 1 is 1.02 bits per heavy atom. The standard InChI is InChI=1S/C41H45FN2O8S2/c1-44(27-10-12-29(13-11-27)52-40(49)41(50,36-8-4-20-53-36)37-9-5-21-54-37)19-18-28(45)22-26-24-35(51-2)25(23-32(26)42)6-3-7-33(46)30-14-16-34(47)39-31(30)15-17-38(48)43-39/h4-5,8-9,14-17,20-21,23-24,27,29,33,46-47,50H,3,6-7,10-13,18-19,22H2,1-2H3,(H,43,48)/t27?,29?,33-/m0/s1. The number of hydrogen-bond acceptors (Lipinski definition) is 11. The van der Waals surface area contributed by atoms with E-state index >= 15 is 4.39 Å². The fourth-order valence-corrected chi connectivity index (χ4v) is 8.98. The van der Waals surface area contributed by atoms with Crippen LogP contribution >= 0.6 is 22.7 Å². The maximum atomic E-state index is 15.3. The Kier molecular flexibility index (Phi) is 12.6. The zero-order chi connectivity index (χ0) is 38.4. The van der Waals surface area contributed by atoms with E-state index in [-0.39, 0.29) is 53.2 Å². The number of H-pyrrole nitrogens is 1. The molecule has 1 atom stereocenters. The molecule has 0 saturated heterocycles. The van der Waals surface area contributed by atoms with Gasteiger partial charge in [0.1, 0.15) is 29.2 Å². The molecule has 3 heterocycles. The minimum absolute atomic E-state index is 0.0644. The minimum atomic E-state index is -1.83. The van der Waals surface area contributed by atoms with E-state index in [9.17, 15) is 29.7 Å². The van der Waals surface area contributed by atoms with Crippen LogP contribution in [0.4, 0.5) is 4.39 Å². The number of aliphatic hydroxyl groups excluding tert-OH is 1. The lowest BCUT2D eigenvalue weighted by Crippen LogP contribution is -2.42. The van der Waals surface area contributed by atoms with E-state index in [1.54, 1.807) is 42.5 Å². The molecule has 1 fully saturated rings. The van der Waals surface area contributed by atoms with Gasteiger partial charge in [0.15, 0.2) is 0 Å². The summed E-state index contributed by atoms with van der Waals surface area (Å²) < 4.78 is 26.7. The highest BCUT2D eigenvalue weighted by molar-refractivity contribution is 7.12. The number of aromatic nitrogens is 1. The molecule has 10 nitrogen and oxygen atoms in total. The van der Waals surface area contributed by atoms with Gasteiger partial charge >= 0.3 is 5.97 Å². The lowest BCUT2D eigenvalue weighted by atomic mass is 9.91. The normalized spacial score (nSPS) is 16.8. The first-order chi connectivity index (χ1) is 26.0. The number of ketones is 1. The summed E-state index contributed by atoms with van der Waals surface area (Å²) in [5.41, 5.74) is -0.470. The highest BCUT2D eigenvalue weighted by Crippen LogP contribution is 2.38. The van der Waals surface area contributed by atoms with Gasteiger partial charge in [0.05, 0.1) is 28.5 Å². The smallest absolute Gasteiger partial charge is 0.349 e. The molecule has 54 heavy (non-hydrogen) atoms. The third-order valence-corrected chi connectivity index (χ3v) is 12.3. The molecule has 0 amide bonds. The van der Waals surface area contributed by atoms with Crippen molar-refractivity contribution in [1.82, 2.24) is 9.88 Å². The number of ether oxygens (including phenoxy) is 2. The molecule has 286 valence electrons. The Morgan fingerprint density at radius 2 is 1.72 bits per heavy atom. The molecule has 5 aromatic rings. The van der Waals surface area contributed by atoms with E-state index in [1.807, 2.05) is 17.8 Å². The number of phenols is 1. The van der Waals surface area contributed by atoms with Gasteiger partial charge in [-0.15, -0.1) is 22.7 Å². The number of fused-ring (bicyclic) bond motifs is 1. The molecule has 3 aromatic heterocycles. The van der Waals surface area contributed by atoms with Gasteiger partial charge in [-0.05, 0) is 116 Å². The number of esters is 1. The number of rotatable bonds is 16. The van der Waals surface area contributed by atoms with Gasteiger partial charge < -0.3 is 34.7 Å². The van der Waals surface area contributed by atoms with Crippen molar-refractivity contribution >= 4 is 45.3 Å². The van der Waals surface area contributed by atoms with Crippen molar-refractivity contribution in [2.75, 3.05) is 20.7 Å². The van der Waals surface area contributed by atoms with Crippen LogP contribution in [0.15, 0.2) is 76.2 Å². The maximum absolute atomic E-state index is 15.3. The summed E-state index contributed by atoms with van der Waals surface area (Å²) in [6.07, 6.45) is 3.11. The van der Waals surface area contributed by atoms with E-state index in [4.69, 9.17) is 9.47 Å². The van der Waals surface area contributed by atoms with Gasteiger partial charge in [0, 0.05) is 36.9 Å². The number of aryl methyl sites for hydroxylation is 1. The zero-order valence-electron chi connectivity index (χ0n) is 30.3. The highest BCUT2D eigenvalue weighted by Gasteiger charge is 2.45. The van der Waals surface area contributed by atoms with Gasteiger partial charge in [0.25, 0.3) is 0 Å². The van der Waals surface area contributed by atoms with Crippen LogP contribution in [0.5, 0.6) is 11.5 Å². The number of phenolic OH excluding ortho intramolecular Hbond substituents is 1. The molecule has 2 aromatic carbocycles. The van der Waals surface area contributed by atoms with E-state index in [1.165, 1.54) is 48.0 Å². The van der Waals surface area contributed by atoms with Crippen LogP contribution in [0, 0.1) is 5.82 Å². The average Bonchev–Trinajstić information content (AvgIpc) is 3.92. The summed E-state index contributed by atoms with van der Waals surface area (Å²) in [7, 11) is 3.47. The SMILES string of the molecule is COc1cc(CC(=O)CCN(C)C2CCC(OC(=O)C(O)(c3cccs3)c3cccs3)CC2)c(F)cc1CCC[C@H](O)c1ccc(O)c2[nH]c(=O)ccc12. The van der Waals surface area contributed by atoms with E-state index in [2.05, 4.69) is 9.88 Å². The van der Waals surface area contributed by atoms with Crippen LogP contribution in [0.1, 0.15) is 77.5 Å². The highest BCUT2D eigenvalue weighted by atomic mass is 32.1. The quantitative estimate of drug-likeness (QED) is 0.0796.